The molecular weight excluding hydrogens is 425 g/mol. The van der Waals surface area contributed by atoms with Crippen molar-refractivity contribution in [2.24, 2.45) is 0 Å². The number of aryl methyl sites for hydroxylation is 1. The van der Waals surface area contributed by atoms with Crippen molar-refractivity contribution in [1.82, 2.24) is 15.3 Å². The number of hydrogen-bond acceptors (Lipinski definition) is 7. The van der Waals surface area contributed by atoms with E-state index in [1.165, 1.54) is 35.2 Å². The van der Waals surface area contributed by atoms with Gasteiger partial charge in [0.25, 0.3) is 0 Å². The molecule has 0 radical (unpaired) electrons. The van der Waals surface area contributed by atoms with Crippen molar-refractivity contribution in [3.8, 4) is 0 Å². The number of hydrogen-bond donors (Lipinski definition) is 2. The van der Waals surface area contributed by atoms with Crippen molar-refractivity contribution in [3.05, 3.63) is 50.7 Å². The molecule has 0 aliphatic rings. The highest BCUT2D eigenvalue weighted by Crippen LogP contribution is 2.30. The van der Waals surface area contributed by atoms with Crippen LogP contribution in [0.1, 0.15) is 20.4 Å². The van der Waals surface area contributed by atoms with Crippen LogP contribution in [-0.4, -0.2) is 39.1 Å². The number of Topliss-reactive ketones (excluding diaryl/α,β-unsaturated/α-hetero) is 1. The number of ketones is 1. The second-order valence-electron chi connectivity index (χ2n) is 5.77. The van der Waals surface area contributed by atoms with Gasteiger partial charge in [0.2, 0.25) is 5.91 Å². The third-order valence-electron chi connectivity index (χ3n) is 3.69. The number of aliphatic hydroxyl groups is 1. The van der Waals surface area contributed by atoms with E-state index in [2.05, 4.69) is 15.3 Å². The minimum atomic E-state index is -0.575. The van der Waals surface area contributed by atoms with Crippen LogP contribution in [0.25, 0.3) is 10.9 Å². The number of carbonyl (C=O) groups is 2. The summed E-state index contributed by atoms with van der Waals surface area (Å²) in [5, 5.41) is 12.4. The fourth-order valence-electron chi connectivity index (χ4n) is 2.39. The van der Waals surface area contributed by atoms with Gasteiger partial charge in [-0.25, -0.2) is 14.4 Å². The van der Waals surface area contributed by atoms with Crippen molar-refractivity contribution in [2.75, 3.05) is 12.4 Å². The van der Waals surface area contributed by atoms with Crippen molar-refractivity contribution >= 4 is 57.3 Å². The number of aliphatic hydroxyl groups excluding tert-OH is 1. The third kappa shape index (κ3) is 4.85. The van der Waals surface area contributed by atoms with Crippen LogP contribution in [0, 0.1) is 12.7 Å². The molecule has 0 aliphatic carbocycles. The molecule has 10 heteroatoms. The van der Waals surface area contributed by atoms with Gasteiger partial charge in [-0.05, 0) is 25.1 Å². The van der Waals surface area contributed by atoms with Crippen LogP contribution < -0.4 is 5.32 Å². The molecule has 0 saturated carbocycles. The summed E-state index contributed by atoms with van der Waals surface area (Å²) in [4.78, 5) is 33.5. The van der Waals surface area contributed by atoms with E-state index in [4.69, 9.17) is 16.7 Å². The first-order valence-corrected chi connectivity index (χ1v) is 10.3. The van der Waals surface area contributed by atoms with Gasteiger partial charge >= 0.3 is 0 Å². The summed E-state index contributed by atoms with van der Waals surface area (Å²) < 4.78 is 13.7. The molecule has 2 heterocycles. The quantitative estimate of drug-likeness (QED) is 0.333. The average Bonchev–Trinajstić information content (AvgIpc) is 3.14. The number of benzene rings is 1. The fourth-order valence-corrected chi connectivity index (χ4v) is 4.47. The standard InChI is InChI=1S/C18H15ClFN3O3S2/c1-9-22-14-5-13(20)12(19)4-11(14)18(23-9)27-8-15(25)16-3-2-10(28-16)6-21-17(26)7-24/h2-5,24H,6-8H2,1H3,(H,21,26). The Bertz CT molecular complexity index is 1060. The highest BCUT2D eigenvalue weighted by molar-refractivity contribution is 8.00. The summed E-state index contributed by atoms with van der Waals surface area (Å²) >= 11 is 8.38. The van der Waals surface area contributed by atoms with Crippen molar-refractivity contribution in [1.29, 1.82) is 0 Å². The molecule has 0 atom stereocenters. The normalized spacial score (nSPS) is 11.0. The van der Waals surface area contributed by atoms with Gasteiger partial charge in [-0.1, -0.05) is 23.4 Å². The Morgan fingerprint density at radius 1 is 1.32 bits per heavy atom. The average molecular weight is 440 g/mol. The minimum absolute atomic E-state index is 0.0269. The first-order chi connectivity index (χ1) is 13.4. The molecule has 0 spiro atoms. The van der Waals surface area contributed by atoms with Crippen molar-refractivity contribution < 1.29 is 19.1 Å². The smallest absolute Gasteiger partial charge is 0.246 e. The van der Waals surface area contributed by atoms with Gasteiger partial charge in [0.1, 0.15) is 23.3 Å². The number of fused-ring (bicyclic) bond motifs is 1. The number of rotatable bonds is 7. The first-order valence-electron chi connectivity index (χ1n) is 8.13. The van der Waals surface area contributed by atoms with Gasteiger partial charge in [0, 0.05) is 16.3 Å². The molecule has 2 aromatic heterocycles. The lowest BCUT2D eigenvalue weighted by Crippen LogP contribution is -2.25. The summed E-state index contributed by atoms with van der Waals surface area (Å²) in [5.74, 6) is -0.505. The number of thioether (sulfide) groups is 1. The highest BCUT2D eigenvalue weighted by atomic mass is 35.5. The van der Waals surface area contributed by atoms with Crippen LogP contribution in [0.2, 0.25) is 5.02 Å². The van der Waals surface area contributed by atoms with E-state index in [1.807, 2.05) is 0 Å². The molecule has 0 unspecified atom stereocenters. The van der Waals surface area contributed by atoms with Crippen molar-refractivity contribution in [3.63, 3.8) is 0 Å². The summed E-state index contributed by atoms with van der Waals surface area (Å²) in [6.45, 7) is 1.38. The van der Waals surface area contributed by atoms with Crippen LogP contribution in [0.15, 0.2) is 29.3 Å². The maximum atomic E-state index is 13.7. The monoisotopic (exact) mass is 439 g/mol. The van der Waals surface area contributed by atoms with Gasteiger partial charge in [0.15, 0.2) is 5.78 Å². The van der Waals surface area contributed by atoms with Crippen LogP contribution in [0.4, 0.5) is 4.39 Å². The van der Waals surface area contributed by atoms with E-state index >= 15 is 0 Å². The number of thiophene rings is 1. The predicted molar refractivity (Wildman–Crippen MR) is 108 cm³/mol. The molecule has 0 saturated heterocycles. The van der Waals surface area contributed by atoms with E-state index in [-0.39, 0.29) is 23.1 Å². The number of nitrogens with one attached hydrogen (secondary N) is 1. The van der Waals surface area contributed by atoms with Gasteiger partial charge < -0.3 is 10.4 Å². The van der Waals surface area contributed by atoms with Crippen molar-refractivity contribution in [2.45, 2.75) is 18.5 Å². The molecule has 6 nitrogen and oxygen atoms in total. The maximum Gasteiger partial charge on any atom is 0.246 e. The van der Waals surface area contributed by atoms with Gasteiger partial charge in [0.05, 0.1) is 27.7 Å². The SMILES string of the molecule is Cc1nc(SCC(=O)c2ccc(CNC(=O)CO)s2)c2cc(Cl)c(F)cc2n1. The Kier molecular flexibility index (Phi) is 6.61. The van der Waals surface area contributed by atoms with Gasteiger partial charge in [-0.15, -0.1) is 11.3 Å². The zero-order chi connectivity index (χ0) is 20.3. The molecule has 146 valence electrons. The Morgan fingerprint density at radius 2 is 2.11 bits per heavy atom. The van der Waals surface area contributed by atoms with Gasteiger partial charge in [-0.2, -0.15) is 0 Å². The molecule has 3 rings (SSSR count). The third-order valence-corrected chi connectivity index (χ3v) is 6.10. The molecular formula is C18H15ClFN3O3S2. The number of nitrogens with zero attached hydrogens (tertiary/aromatic N) is 2. The molecule has 2 N–H and O–H groups in total. The second kappa shape index (κ2) is 8.95. The highest BCUT2D eigenvalue weighted by Gasteiger charge is 2.15. The largest absolute Gasteiger partial charge is 0.387 e. The van der Waals surface area contributed by atoms with Crippen LogP contribution >= 0.6 is 34.7 Å². The predicted octanol–water partition coefficient (Wildman–Crippen LogP) is 3.38. The number of carbonyl (C=O) groups excluding carboxylic acids is 2. The summed E-state index contributed by atoms with van der Waals surface area (Å²) in [6.07, 6.45) is 0. The van der Waals surface area contributed by atoms with Crippen LogP contribution in [-0.2, 0) is 11.3 Å². The summed E-state index contributed by atoms with van der Waals surface area (Å²) in [6, 6.07) is 6.17. The topological polar surface area (TPSA) is 92.2 Å². The van der Waals surface area contributed by atoms with E-state index in [0.717, 1.165) is 4.88 Å². The molecule has 0 aliphatic heterocycles. The van der Waals surface area contributed by atoms with Crippen LogP contribution in [0.5, 0.6) is 0 Å². The van der Waals surface area contributed by atoms with E-state index in [0.29, 0.717) is 26.6 Å². The number of aromatic nitrogens is 2. The Labute approximate surface area is 173 Å². The van der Waals surface area contributed by atoms with E-state index in [1.54, 1.807) is 19.1 Å². The summed E-state index contributed by atoms with van der Waals surface area (Å²) in [7, 11) is 0. The zero-order valence-electron chi connectivity index (χ0n) is 14.7. The summed E-state index contributed by atoms with van der Waals surface area (Å²) in [5.41, 5.74) is 0.433. The van der Waals surface area contributed by atoms with Gasteiger partial charge in [-0.3, -0.25) is 9.59 Å². The molecule has 3 aromatic rings. The Balaban J connectivity index is 1.72. The Hall–Kier alpha value is -2.07. The maximum absolute atomic E-state index is 13.7. The fraction of sp³-hybridized carbons (Fsp3) is 0.222. The lowest BCUT2D eigenvalue weighted by atomic mass is 10.2. The zero-order valence-corrected chi connectivity index (χ0v) is 17.1. The van der Waals surface area contributed by atoms with E-state index in [9.17, 15) is 14.0 Å². The second-order valence-corrected chi connectivity index (χ2v) is 8.31. The molecule has 0 fully saturated rings. The van der Waals surface area contributed by atoms with E-state index < -0.39 is 18.3 Å². The molecule has 1 aromatic carbocycles. The Morgan fingerprint density at radius 3 is 2.86 bits per heavy atom. The number of halogens is 2. The number of amides is 1. The molecule has 28 heavy (non-hydrogen) atoms. The van der Waals surface area contributed by atoms with Crippen LogP contribution in [0.3, 0.4) is 0 Å². The molecule has 1 amide bonds. The lowest BCUT2D eigenvalue weighted by molar-refractivity contribution is -0.123. The first kappa shape index (κ1) is 20.7. The lowest BCUT2D eigenvalue weighted by Gasteiger charge is -2.07. The molecule has 0 bridgehead atoms. The minimum Gasteiger partial charge on any atom is -0.387 e.